The lowest BCUT2D eigenvalue weighted by Crippen LogP contribution is -2.40. The number of ether oxygens (including phenoxy) is 1. The highest BCUT2D eigenvalue weighted by atomic mass is 32.2. The molecule has 0 spiro atoms. The summed E-state index contributed by atoms with van der Waals surface area (Å²) in [5.74, 6) is -1.81. The van der Waals surface area contributed by atoms with Gasteiger partial charge in [-0.15, -0.1) is 0 Å². The average molecular weight is 327 g/mol. The van der Waals surface area contributed by atoms with Gasteiger partial charge in [0, 0.05) is 6.54 Å². The molecule has 120 valence electrons. The smallest absolute Gasteiger partial charge is 0.337 e. The molecule has 1 unspecified atom stereocenters. The minimum atomic E-state index is -3.98. The summed E-state index contributed by atoms with van der Waals surface area (Å²) in [7, 11) is -2.78. The zero-order valence-corrected chi connectivity index (χ0v) is 13.1. The fourth-order valence-electron chi connectivity index (χ4n) is 2.52. The molecule has 1 saturated heterocycles. The van der Waals surface area contributed by atoms with E-state index in [1.807, 2.05) is 0 Å². The van der Waals surface area contributed by atoms with Gasteiger partial charge in [0.05, 0.1) is 17.6 Å². The third-order valence-electron chi connectivity index (χ3n) is 3.68. The fraction of sp³-hybridized carbons (Fsp3) is 0.429. The fourth-order valence-corrected chi connectivity index (χ4v) is 4.43. The number of esters is 1. The monoisotopic (exact) mass is 327 g/mol. The van der Waals surface area contributed by atoms with E-state index in [1.54, 1.807) is 6.92 Å². The van der Waals surface area contributed by atoms with Crippen LogP contribution >= 0.6 is 0 Å². The van der Waals surface area contributed by atoms with Gasteiger partial charge in [0.15, 0.2) is 0 Å². The molecule has 1 aromatic carbocycles. The Bertz CT molecular complexity index is 712. The van der Waals surface area contributed by atoms with Crippen LogP contribution in [0.15, 0.2) is 23.1 Å². The Hall–Kier alpha value is -1.93. The van der Waals surface area contributed by atoms with Crippen LogP contribution in [0.3, 0.4) is 0 Å². The predicted molar refractivity (Wildman–Crippen MR) is 77.1 cm³/mol. The number of carboxylic acid groups (broad SMARTS) is 1. The maximum atomic E-state index is 12.7. The number of benzene rings is 1. The second kappa shape index (κ2) is 6.05. The van der Waals surface area contributed by atoms with E-state index in [-0.39, 0.29) is 23.4 Å². The van der Waals surface area contributed by atoms with Gasteiger partial charge in [0.25, 0.3) is 0 Å². The second-order valence-electron chi connectivity index (χ2n) is 5.08. The maximum Gasteiger partial charge on any atom is 0.337 e. The SMILES string of the molecule is COC(=O)c1ccc(C)c(S(=O)(=O)N2CCCC2C(=O)O)c1. The van der Waals surface area contributed by atoms with Gasteiger partial charge in [-0.3, -0.25) is 4.79 Å². The van der Waals surface area contributed by atoms with Crippen molar-refractivity contribution in [1.29, 1.82) is 0 Å². The highest BCUT2D eigenvalue weighted by Crippen LogP contribution is 2.28. The molecule has 8 heteroatoms. The number of nitrogens with zero attached hydrogens (tertiary/aromatic N) is 1. The Morgan fingerprint density at radius 2 is 2.05 bits per heavy atom. The number of methoxy groups -OCH3 is 1. The number of aliphatic carboxylic acids is 1. The van der Waals surface area contributed by atoms with Gasteiger partial charge in [-0.05, 0) is 37.5 Å². The number of carbonyl (C=O) groups excluding carboxylic acids is 1. The van der Waals surface area contributed by atoms with Crippen LogP contribution in [0.5, 0.6) is 0 Å². The Balaban J connectivity index is 2.49. The lowest BCUT2D eigenvalue weighted by Gasteiger charge is -2.22. The van der Waals surface area contributed by atoms with Gasteiger partial charge >= 0.3 is 11.9 Å². The summed E-state index contributed by atoms with van der Waals surface area (Å²) in [4.78, 5) is 22.7. The molecule has 0 saturated carbocycles. The summed E-state index contributed by atoms with van der Waals surface area (Å²) in [6.45, 7) is 1.75. The van der Waals surface area contributed by atoms with Gasteiger partial charge < -0.3 is 9.84 Å². The normalized spacial score (nSPS) is 19.1. The zero-order valence-electron chi connectivity index (χ0n) is 12.3. The molecule has 1 aliphatic heterocycles. The van der Waals surface area contributed by atoms with E-state index in [0.717, 1.165) is 4.31 Å². The van der Waals surface area contributed by atoms with Crippen molar-refractivity contribution in [3.8, 4) is 0 Å². The Kier molecular flexibility index (Phi) is 4.52. The van der Waals surface area contributed by atoms with Crippen molar-refractivity contribution in [2.24, 2.45) is 0 Å². The Morgan fingerprint density at radius 1 is 1.36 bits per heavy atom. The van der Waals surface area contributed by atoms with E-state index in [9.17, 15) is 18.0 Å². The van der Waals surface area contributed by atoms with Crippen LogP contribution in [0.2, 0.25) is 0 Å². The molecule has 22 heavy (non-hydrogen) atoms. The first-order chi connectivity index (χ1) is 10.3. The van der Waals surface area contributed by atoms with Crippen LogP contribution in [0.4, 0.5) is 0 Å². The molecule has 1 heterocycles. The van der Waals surface area contributed by atoms with Crippen molar-refractivity contribution < 1.29 is 27.9 Å². The third-order valence-corrected chi connectivity index (χ3v) is 5.73. The zero-order chi connectivity index (χ0) is 16.5. The topological polar surface area (TPSA) is 101 Å². The molecule has 0 aromatic heterocycles. The number of aryl methyl sites for hydroxylation is 1. The quantitative estimate of drug-likeness (QED) is 0.829. The molecule has 1 aliphatic rings. The predicted octanol–water partition coefficient (Wildman–Crippen LogP) is 1.02. The molecule has 0 radical (unpaired) electrons. The van der Waals surface area contributed by atoms with Crippen LogP contribution in [0, 0.1) is 6.92 Å². The highest BCUT2D eigenvalue weighted by Gasteiger charge is 2.40. The van der Waals surface area contributed by atoms with Gasteiger partial charge in [0.1, 0.15) is 6.04 Å². The molecule has 7 nitrogen and oxygen atoms in total. The molecule has 1 fully saturated rings. The molecule has 0 aliphatic carbocycles. The Morgan fingerprint density at radius 3 is 2.64 bits per heavy atom. The maximum absolute atomic E-state index is 12.7. The summed E-state index contributed by atoms with van der Waals surface area (Å²) < 4.78 is 31.1. The van der Waals surface area contributed by atoms with Crippen molar-refractivity contribution >= 4 is 22.0 Å². The van der Waals surface area contributed by atoms with Crippen LogP contribution in [0.1, 0.15) is 28.8 Å². The first kappa shape index (κ1) is 16.4. The van der Waals surface area contributed by atoms with E-state index in [4.69, 9.17) is 5.11 Å². The van der Waals surface area contributed by atoms with Gasteiger partial charge in [-0.1, -0.05) is 6.07 Å². The van der Waals surface area contributed by atoms with Gasteiger partial charge in [-0.2, -0.15) is 4.31 Å². The average Bonchev–Trinajstić information content (AvgIpc) is 2.97. The van der Waals surface area contributed by atoms with E-state index in [0.29, 0.717) is 12.0 Å². The minimum Gasteiger partial charge on any atom is -0.480 e. The van der Waals surface area contributed by atoms with Crippen LogP contribution in [-0.4, -0.2) is 49.5 Å². The Labute approximate surface area is 128 Å². The molecule has 2 rings (SSSR count). The van der Waals surface area contributed by atoms with E-state index in [2.05, 4.69) is 4.74 Å². The van der Waals surface area contributed by atoms with Crippen LogP contribution < -0.4 is 0 Å². The first-order valence-electron chi connectivity index (χ1n) is 6.72. The lowest BCUT2D eigenvalue weighted by molar-refractivity contribution is -0.140. The molecular weight excluding hydrogens is 310 g/mol. The largest absolute Gasteiger partial charge is 0.480 e. The summed E-state index contributed by atoms with van der Waals surface area (Å²) in [5, 5.41) is 9.16. The summed E-state index contributed by atoms with van der Waals surface area (Å²) >= 11 is 0. The van der Waals surface area contributed by atoms with Crippen LogP contribution in [-0.2, 0) is 19.6 Å². The number of carbonyl (C=O) groups is 2. The summed E-state index contributed by atoms with van der Waals surface area (Å²) in [6.07, 6.45) is 0.774. The number of sulfonamides is 1. The molecule has 1 aromatic rings. The standard InChI is InChI=1S/C14H17NO6S/c1-9-5-6-10(14(18)21-2)8-12(9)22(19,20)15-7-3-4-11(15)13(16)17/h5-6,8,11H,3-4,7H2,1-2H3,(H,16,17). The molecule has 0 bridgehead atoms. The van der Waals surface area contributed by atoms with Crippen molar-refractivity contribution in [1.82, 2.24) is 4.31 Å². The van der Waals surface area contributed by atoms with E-state index in [1.165, 1.54) is 25.3 Å². The molecule has 1 N–H and O–H groups in total. The number of carboxylic acids is 1. The van der Waals surface area contributed by atoms with Gasteiger partial charge in [0.2, 0.25) is 10.0 Å². The third kappa shape index (κ3) is 2.84. The van der Waals surface area contributed by atoms with Crippen molar-refractivity contribution in [2.45, 2.75) is 30.7 Å². The van der Waals surface area contributed by atoms with Crippen molar-refractivity contribution in [3.05, 3.63) is 29.3 Å². The second-order valence-corrected chi connectivity index (χ2v) is 6.94. The number of hydrogen-bond acceptors (Lipinski definition) is 5. The number of rotatable bonds is 4. The van der Waals surface area contributed by atoms with E-state index < -0.39 is 28.0 Å². The van der Waals surface area contributed by atoms with Crippen LogP contribution in [0.25, 0.3) is 0 Å². The minimum absolute atomic E-state index is 0.0662. The van der Waals surface area contributed by atoms with E-state index >= 15 is 0 Å². The van der Waals surface area contributed by atoms with Gasteiger partial charge in [-0.25, -0.2) is 13.2 Å². The summed E-state index contributed by atoms with van der Waals surface area (Å²) in [5.41, 5.74) is 0.557. The summed E-state index contributed by atoms with van der Waals surface area (Å²) in [6, 6.07) is 3.14. The highest BCUT2D eigenvalue weighted by molar-refractivity contribution is 7.89. The van der Waals surface area contributed by atoms with Crippen molar-refractivity contribution in [3.63, 3.8) is 0 Å². The molecular formula is C14H17NO6S. The molecule has 0 amide bonds. The first-order valence-corrected chi connectivity index (χ1v) is 8.16. The number of hydrogen-bond donors (Lipinski definition) is 1. The molecule has 1 atom stereocenters. The van der Waals surface area contributed by atoms with Crippen molar-refractivity contribution in [2.75, 3.05) is 13.7 Å². The lowest BCUT2D eigenvalue weighted by atomic mass is 10.1.